The average Bonchev–Trinajstić information content (AvgIpc) is 2.91. The van der Waals surface area contributed by atoms with Gasteiger partial charge in [0, 0.05) is 6.54 Å². The van der Waals surface area contributed by atoms with Crippen LogP contribution in [0.5, 0.6) is 11.5 Å². The van der Waals surface area contributed by atoms with Crippen LogP contribution in [-0.2, 0) is 16.1 Å². The van der Waals surface area contributed by atoms with E-state index in [9.17, 15) is 9.59 Å². The maximum absolute atomic E-state index is 11.8. The maximum atomic E-state index is 11.8. The zero-order chi connectivity index (χ0) is 14.5. The minimum Gasteiger partial charge on any atom is -0.493 e. The van der Waals surface area contributed by atoms with Crippen LogP contribution in [0.1, 0.15) is 5.56 Å². The lowest BCUT2D eigenvalue weighted by molar-refractivity contribution is -0.123. The van der Waals surface area contributed by atoms with E-state index in [2.05, 4.69) is 15.4 Å². The first-order valence-corrected chi connectivity index (χ1v) is 6.06. The Morgan fingerprint density at radius 3 is 2.75 bits per heavy atom. The fraction of sp³-hybridized carbons (Fsp3) is 0.385. The molecule has 0 spiro atoms. The molecule has 0 aliphatic carbocycles. The summed E-state index contributed by atoms with van der Waals surface area (Å²) in [5.74, 6) is 0.932. The number of cyclic esters (lactones) is 1. The van der Waals surface area contributed by atoms with Crippen molar-refractivity contribution >= 4 is 12.0 Å². The fourth-order valence-electron chi connectivity index (χ4n) is 1.83. The molecule has 2 N–H and O–H groups in total. The Labute approximate surface area is 116 Å². The predicted octanol–water partition coefficient (Wildman–Crippen LogP) is 0.428. The van der Waals surface area contributed by atoms with E-state index in [4.69, 9.17) is 9.47 Å². The van der Waals surface area contributed by atoms with E-state index < -0.39 is 12.1 Å². The second kappa shape index (κ2) is 6.14. The molecule has 0 saturated carbocycles. The first kappa shape index (κ1) is 14.0. The van der Waals surface area contributed by atoms with Crippen molar-refractivity contribution in [1.29, 1.82) is 0 Å². The van der Waals surface area contributed by atoms with Crippen molar-refractivity contribution in [3.63, 3.8) is 0 Å². The summed E-state index contributed by atoms with van der Waals surface area (Å²) in [5, 5.41) is 5.13. The summed E-state index contributed by atoms with van der Waals surface area (Å²) in [4.78, 5) is 22.6. The Hall–Kier alpha value is -2.44. The Balaban J connectivity index is 1.93. The molecule has 1 heterocycles. The number of carbonyl (C=O) groups excluding carboxylic acids is 2. The molecular weight excluding hydrogens is 264 g/mol. The lowest BCUT2D eigenvalue weighted by atomic mass is 10.2. The Kier molecular flexibility index (Phi) is 4.29. The van der Waals surface area contributed by atoms with E-state index in [1.807, 2.05) is 6.07 Å². The molecule has 1 aromatic rings. The smallest absolute Gasteiger partial charge is 0.407 e. The highest BCUT2D eigenvalue weighted by Gasteiger charge is 2.28. The van der Waals surface area contributed by atoms with Crippen molar-refractivity contribution in [3.05, 3.63) is 23.8 Å². The second-order valence-electron chi connectivity index (χ2n) is 4.20. The number of ether oxygens (including phenoxy) is 3. The monoisotopic (exact) mass is 280 g/mol. The van der Waals surface area contributed by atoms with Gasteiger partial charge in [0.05, 0.1) is 14.2 Å². The Morgan fingerprint density at radius 1 is 1.40 bits per heavy atom. The van der Waals surface area contributed by atoms with E-state index in [0.29, 0.717) is 18.0 Å². The van der Waals surface area contributed by atoms with Gasteiger partial charge in [0.2, 0.25) is 5.91 Å². The van der Waals surface area contributed by atoms with Crippen LogP contribution in [0.25, 0.3) is 0 Å². The normalized spacial score (nSPS) is 17.1. The quantitative estimate of drug-likeness (QED) is 0.817. The van der Waals surface area contributed by atoms with Gasteiger partial charge in [-0.2, -0.15) is 0 Å². The van der Waals surface area contributed by atoms with Gasteiger partial charge in [-0.15, -0.1) is 0 Å². The van der Waals surface area contributed by atoms with Gasteiger partial charge >= 0.3 is 6.09 Å². The minimum atomic E-state index is -0.636. The summed E-state index contributed by atoms with van der Waals surface area (Å²) in [6, 6.07) is 4.73. The van der Waals surface area contributed by atoms with Crippen LogP contribution in [-0.4, -0.2) is 38.9 Å². The standard InChI is InChI=1S/C13H16N2O5/c1-18-10-4-3-8(5-11(10)19-2)6-14-12(16)9-7-20-13(17)15-9/h3-5,9H,6-7H2,1-2H3,(H,14,16)(H,15,17). The molecular formula is C13H16N2O5. The van der Waals surface area contributed by atoms with Crippen molar-refractivity contribution in [1.82, 2.24) is 10.6 Å². The molecule has 20 heavy (non-hydrogen) atoms. The predicted molar refractivity (Wildman–Crippen MR) is 69.7 cm³/mol. The van der Waals surface area contributed by atoms with E-state index in [1.165, 1.54) is 0 Å². The van der Waals surface area contributed by atoms with Crippen LogP contribution in [0.4, 0.5) is 4.79 Å². The highest BCUT2D eigenvalue weighted by molar-refractivity contribution is 5.87. The number of alkyl carbamates (subject to hydrolysis) is 1. The zero-order valence-corrected chi connectivity index (χ0v) is 11.3. The van der Waals surface area contributed by atoms with Crippen LogP contribution in [0.15, 0.2) is 18.2 Å². The molecule has 7 heteroatoms. The van der Waals surface area contributed by atoms with Crippen molar-refractivity contribution in [3.8, 4) is 11.5 Å². The third-order valence-corrected chi connectivity index (χ3v) is 2.90. The molecule has 1 aliphatic rings. The molecule has 0 radical (unpaired) electrons. The van der Waals surface area contributed by atoms with Crippen LogP contribution in [0.3, 0.4) is 0 Å². The van der Waals surface area contributed by atoms with E-state index >= 15 is 0 Å². The van der Waals surface area contributed by atoms with Gasteiger partial charge in [-0.05, 0) is 17.7 Å². The second-order valence-corrected chi connectivity index (χ2v) is 4.20. The molecule has 2 rings (SSSR count). The summed E-state index contributed by atoms with van der Waals surface area (Å²) in [6.45, 7) is 0.377. The molecule has 0 aromatic heterocycles. The third kappa shape index (κ3) is 3.11. The SMILES string of the molecule is COc1ccc(CNC(=O)C2COC(=O)N2)cc1OC. The van der Waals surface area contributed by atoms with Gasteiger partial charge in [0.1, 0.15) is 12.6 Å². The number of hydrogen-bond donors (Lipinski definition) is 2. The molecule has 1 aliphatic heterocycles. The summed E-state index contributed by atoms with van der Waals surface area (Å²) < 4.78 is 15.0. The van der Waals surface area contributed by atoms with E-state index in [0.717, 1.165) is 5.56 Å². The van der Waals surface area contributed by atoms with Crippen LogP contribution in [0.2, 0.25) is 0 Å². The number of carbonyl (C=O) groups is 2. The molecule has 2 amide bonds. The number of methoxy groups -OCH3 is 2. The zero-order valence-electron chi connectivity index (χ0n) is 11.3. The number of hydrogen-bond acceptors (Lipinski definition) is 5. The first-order chi connectivity index (χ1) is 9.63. The molecule has 1 fully saturated rings. The van der Waals surface area contributed by atoms with Crippen molar-refractivity contribution in [2.75, 3.05) is 20.8 Å². The van der Waals surface area contributed by atoms with Gasteiger partial charge in [-0.1, -0.05) is 6.07 Å². The number of amides is 2. The third-order valence-electron chi connectivity index (χ3n) is 2.90. The maximum Gasteiger partial charge on any atom is 0.407 e. The summed E-state index contributed by atoms with van der Waals surface area (Å²) >= 11 is 0. The molecule has 1 aromatic carbocycles. The van der Waals surface area contributed by atoms with Crippen LogP contribution in [0, 0.1) is 0 Å². The fourth-order valence-corrected chi connectivity index (χ4v) is 1.83. The molecule has 1 unspecified atom stereocenters. The first-order valence-electron chi connectivity index (χ1n) is 6.06. The largest absolute Gasteiger partial charge is 0.493 e. The summed E-state index contributed by atoms with van der Waals surface area (Å²) in [5.41, 5.74) is 0.862. The van der Waals surface area contributed by atoms with Crippen LogP contribution < -0.4 is 20.1 Å². The molecule has 1 atom stereocenters. The highest BCUT2D eigenvalue weighted by atomic mass is 16.6. The number of nitrogens with one attached hydrogen (secondary N) is 2. The van der Waals surface area contributed by atoms with E-state index in [-0.39, 0.29) is 12.5 Å². The van der Waals surface area contributed by atoms with Gasteiger partial charge in [-0.3, -0.25) is 4.79 Å². The molecule has 1 saturated heterocycles. The lowest BCUT2D eigenvalue weighted by Gasteiger charge is -2.11. The molecule has 7 nitrogen and oxygen atoms in total. The van der Waals surface area contributed by atoms with Gasteiger partial charge < -0.3 is 24.8 Å². The van der Waals surface area contributed by atoms with Gasteiger partial charge in [0.15, 0.2) is 11.5 Å². The van der Waals surface area contributed by atoms with Crippen molar-refractivity contribution < 1.29 is 23.8 Å². The van der Waals surface area contributed by atoms with Gasteiger partial charge in [-0.25, -0.2) is 4.79 Å². The minimum absolute atomic E-state index is 0.0522. The Morgan fingerprint density at radius 2 is 2.15 bits per heavy atom. The van der Waals surface area contributed by atoms with Crippen molar-refractivity contribution in [2.45, 2.75) is 12.6 Å². The summed E-state index contributed by atoms with van der Waals surface area (Å²) in [6.07, 6.45) is -0.573. The average molecular weight is 280 g/mol. The summed E-state index contributed by atoms with van der Waals surface area (Å²) in [7, 11) is 3.10. The topological polar surface area (TPSA) is 85.9 Å². The van der Waals surface area contributed by atoms with Crippen LogP contribution >= 0.6 is 0 Å². The molecule has 108 valence electrons. The van der Waals surface area contributed by atoms with Gasteiger partial charge in [0.25, 0.3) is 0 Å². The van der Waals surface area contributed by atoms with E-state index in [1.54, 1.807) is 26.4 Å². The highest BCUT2D eigenvalue weighted by Crippen LogP contribution is 2.27. The molecule has 0 bridgehead atoms. The number of benzene rings is 1. The van der Waals surface area contributed by atoms with Crippen molar-refractivity contribution in [2.24, 2.45) is 0 Å². The Bertz CT molecular complexity index is 517. The number of rotatable bonds is 5. The lowest BCUT2D eigenvalue weighted by Crippen LogP contribution is -2.42.